The predicted molar refractivity (Wildman–Crippen MR) is 149 cm³/mol. The van der Waals surface area contributed by atoms with Gasteiger partial charge in [0, 0.05) is 36.3 Å². The Labute approximate surface area is 227 Å². The first-order valence-corrected chi connectivity index (χ1v) is 13.8. The molecular weight excluding hydrogens is 503 g/mol. The second-order valence-corrected chi connectivity index (χ2v) is 10.5. The normalized spacial score (nSPS) is 13.3. The molecule has 202 valence electrons. The number of thiophene rings is 1. The lowest BCUT2D eigenvalue weighted by Gasteiger charge is -2.29. The summed E-state index contributed by atoms with van der Waals surface area (Å²) in [6, 6.07) is 15.0. The van der Waals surface area contributed by atoms with E-state index in [1.807, 2.05) is 30.5 Å². The number of nitrogens with one attached hydrogen (secondary N) is 1. The number of benzene rings is 2. The number of halogens is 1. The van der Waals surface area contributed by atoms with Crippen LogP contribution < -0.4 is 10.1 Å². The minimum atomic E-state index is -0.333. The van der Waals surface area contributed by atoms with Crippen molar-refractivity contribution in [2.24, 2.45) is 0 Å². The second kappa shape index (κ2) is 13.4. The van der Waals surface area contributed by atoms with Crippen molar-refractivity contribution in [3.63, 3.8) is 0 Å². The fourth-order valence-corrected chi connectivity index (χ4v) is 5.39. The van der Waals surface area contributed by atoms with E-state index in [2.05, 4.69) is 10.2 Å². The van der Waals surface area contributed by atoms with Crippen molar-refractivity contribution in [2.45, 2.75) is 32.9 Å². The highest BCUT2D eigenvalue weighted by molar-refractivity contribution is 7.10. The molecular formula is C29H35FN4O3S. The van der Waals surface area contributed by atoms with Gasteiger partial charge in [0.15, 0.2) is 0 Å². The van der Waals surface area contributed by atoms with Crippen molar-refractivity contribution in [3.8, 4) is 5.75 Å². The average Bonchev–Trinajstić information content (AvgIpc) is 3.59. The summed E-state index contributed by atoms with van der Waals surface area (Å²) in [6.45, 7) is 5.88. The van der Waals surface area contributed by atoms with Gasteiger partial charge in [-0.25, -0.2) is 9.18 Å². The molecule has 0 atom stereocenters. The first kappa shape index (κ1) is 27.6. The van der Waals surface area contributed by atoms with Crippen LogP contribution in [0.3, 0.4) is 0 Å². The van der Waals surface area contributed by atoms with Crippen LogP contribution in [0.4, 0.5) is 14.9 Å². The van der Waals surface area contributed by atoms with Gasteiger partial charge in [0.25, 0.3) is 0 Å². The number of ether oxygens (including phenoxy) is 1. The Morgan fingerprint density at radius 3 is 2.50 bits per heavy atom. The second-order valence-electron chi connectivity index (χ2n) is 9.54. The molecule has 1 saturated heterocycles. The van der Waals surface area contributed by atoms with Crippen LogP contribution in [0.2, 0.25) is 0 Å². The summed E-state index contributed by atoms with van der Waals surface area (Å²) < 4.78 is 18.8. The largest absolute Gasteiger partial charge is 0.497 e. The monoisotopic (exact) mass is 538 g/mol. The number of rotatable bonds is 11. The SMILES string of the molecule is COc1cccc(NC(=O)N(CCN2CCCC2)CC(=O)N(Cc2ccc(F)cc2)Cc2sccc2C)c1. The summed E-state index contributed by atoms with van der Waals surface area (Å²) in [5, 5.41) is 4.93. The van der Waals surface area contributed by atoms with E-state index in [4.69, 9.17) is 4.74 Å². The molecule has 0 unspecified atom stereocenters. The van der Waals surface area contributed by atoms with Crippen molar-refractivity contribution in [3.05, 3.63) is 81.8 Å². The quantitative estimate of drug-likeness (QED) is 0.357. The number of hydrogen-bond donors (Lipinski definition) is 1. The number of carbonyl (C=O) groups is 2. The van der Waals surface area contributed by atoms with Crippen molar-refractivity contribution in [2.75, 3.05) is 45.2 Å². The van der Waals surface area contributed by atoms with E-state index >= 15 is 0 Å². The van der Waals surface area contributed by atoms with Crippen molar-refractivity contribution in [1.82, 2.24) is 14.7 Å². The van der Waals surface area contributed by atoms with E-state index < -0.39 is 0 Å². The molecule has 4 rings (SSSR count). The third-order valence-electron chi connectivity index (χ3n) is 6.76. The van der Waals surface area contributed by atoms with Crippen LogP contribution in [0.15, 0.2) is 60.0 Å². The Hall–Kier alpha value is -3.43. The minimum Gasteiger partial charge on any atom is -0.497 e. The molecule has 0 spiro atoms. The molecule has 1 N–H and O–H groups in total. The zero-order valence-corrected chi connectivity index (χ0v) is 22.8. The predicted octanol–water partition coefficient (Wildman–Crippen LogP) is 5.36. The van der Waals surface area contributed by atoms with Crippen LogP contribution in [-0.4, -0.2) is 66.5 Å². The summed E-state index contributed by atoms with van der Waals surface area (Å²) in [5.41, 5.74) is 2.55. The smallest absolute Gasteiger partial charge is 0.322 e. The molecule has 1 aliphatic heterocycles. The van der Waals surface area contributed by atoms with Gasteiger partial charge in [-0.1, -0.05) is 18.2 Å². The number of urea groups is 1. The van der Waals surface area contributed by atoms with Crippen molar-refractivity contribution < 1.29 is 18.7 Å². The van der Waals surface area contributed by atoms with Crippen LogP contribution in [0.25, 0.3) is 0 Å². The van der Waals surface area contributed by atoms with Gasteiger partial charge in [0.1, 0.15) is 18.1 Å². The third kappa shape index (κ3) is 7.79. The Morgan fingerprint density at radius 1 is 1.05 bits per heavy atom. The highest BCUT2D eigenvalue weighted by Crippen LogP contribution is 2.21. The summed E-state index contributed by atoms with van der Waals surface area (Å²) >= 11 is 1.60. The van der Waals surface area contributed by atoms with Gasteiger partial charge in [-0.3, -0.25) is 4.79 Å². The molecule has 0 bridgehead atoms. The van der Waals surface area contributed by atoms with Crippen LogP contribution in [0.5, 0.6) is 5.75 Å². The first-order valence-electron chi connectivity index (χ1n) is 12.9. The zero-order valence-electron chi connectivity index (χ0n) is 22.0. The molecule has 1 aromatic heterocycles. The Morgan fingerprint density at radius 2 is 1.82 bits per heavy atom. The summed E-state index contributed by atoms with van der Waals surface area (Å²) in [7, 11) is 1.58. The molecule has 1 fully saturated rings. The van der Waals surface area contributed by atoms with Crippen LogP contribution in [0, 0.1) is 12.7 Å². The standard InChI is InChI=1S/C29H35FN4O3S/c1-22-12-17-38-27(22)20-34(19-23-8-10-24(30)11-9-23)28(35)21-33(16-15-32-13-3-4-14-32)29(36)31-25-6-5-7-26(18-25)37-2/h5-12,17-18H,3-4,13-16,19-21H2,1-2H3,(H,31,36). The molecule has 7 nitrogen and oxygen atoms in total. The summed E-state index contributed by atoms with van der Waals surface area (Å²) in [6.07, 6.45) is 2.31. The number of carbonyl (C=O) groups excluding carboxylic acids is 2. The van der Waals surface area contributed by atoms with Gasteiger partial charge in [-0.15, -0.1) is 11.3 Å². The lowest BCUT2D eigenvalue weighted by Crippen LogP contribution is -2.46. The van der Waals surface area contributed by atoms with Gasteiger partial charge in [-0.05, 0) is 79.7 Å². The van der Waals surface area contributed by atoms with Crippen LogP contribution >= 0.6 is 11.3 Å². The molecule has 0 saturated carbocycles. The molecule has 3 aromatic rings. The van der Waals surface area contributed by atoms with Crippen LogP contribution in [-0.2, 0) is 17.9 Å². The minimum absolute atomic E-state index is 0.0603. The number of aryl methyl sites for hydroxylation is 1. The van der Waals surface area contributed by atoms with Gasteiger partial charge in [0.2, 0.25) is 5.91 Å². The number of methoxy groups -OCH3 is 1. The van der Waals surface area contributed by atoms with Crippen molar-refractivity contribution in [1.29, 1.82) is 0 Å². The average molecular weight is 539 g/mol. The lowest BCUT2D eigenvalue weighted by atomic mass is 10.2. The highest BCUT2D eigenvalue weighted by atomic mass is 32.1. The van der Waals surface area contributed by atoms with Crippen molar-refractivity contribution >= 4 is 29.0 Å². The number of likely N-dealkylation sites (tertiary alicyclic amines) is 1. The van der Waals surface area contributed by atoms with E-state index in [9.17, 15) is 14.0 Å². The molecule has 1 aliphatic rings. The number of nitrogens with zero attached hydrogens (tertiary/aromatic N) is 3. The Balaban J connectivity index is 1.51. The number of amides is 3. The van der Waals surface area contributed by atoms with E-state index in [-0.39, 0.29) is 24.3 Å². The molecule has 0 aliphatic carbocycles. The maximum Gasteiger partial charge on any atom is 0.322 e. The lowest BCUT2D eigenvalue weighted by molar-refractivity contribution is -0.133. The van der Waals surface area contributed by atoms with E-state index in [0.717, 1.165) is 41.9 Å². The summed E-state index contributed by atoms with van der Waals surface area (Å²) in [5.74, 6) is 0.159. The maximum atomic E-state index is 13.7. The molecule has 38 heavy (non-hydrogen) atoms. The third-order valence-corrected chi connectivity index (χ3v) is 7.77. The van der Waals surface area contributed by atoms with Crippen LogP contribution in [0.1, 0.15) is 28.8 Å². The summed E-state index contributed by atoms with van der Waals surface area (Å²) in [4.78, 5) is 33.8. The Kier molecular flexibility index (Phi) is 9.73. The number of hydrogen-bond acceptors (Lipinski definition) is 5. The van der Waals surface area contributed by atoms with E-state index in [1.165, 1.54) is 12.1 Å². The Bertz CT molecular complexity index is 1210. The fraction of sp³-hybridized carbons (Fsp3) is 0.379. The maximum absolute atomic E-state index is 13.7. The van der Waals surface area contributed by atoms with E-state index in [1.54, 1.807) is 52.5 Å². The molecule has 3 amide bonds. The highest BCUT2D eigenvalue weighted by Gasteiger charge is 2.24. The van der Waals surface area contributed by atoms with E-state index in [0.29, 0.717) is 37.6 Å². The van der Waals surface area contributed by atoms with Gasteiger partial charge in [-0.2, -0.15) is 0 Å². The topological polar surface area (TPSA) is 65.1 Å². The van der Waals surface area contributed by atoms with Gasteiger partial charge in [0.05, 0.1) is 13.7 Å². The molecule has 2 aromatic carbocycles. The molecule has 2 heterocycles. The fourth-order valence-electron chi connectivity index (χ4n) is 4.47. The molecule has 9 heteroatoms. The first-order chi connectivity index (χ1) is 18.4. The molecule has 0 radical (unpaired) electrons. The van der Waals surface area contributed by atoms with Gasteiger partial charge < -0.3 is 24.8 Å². The zero-order chi connectivity index (χ0) is 26.9. The number of anilines is 1. The van der Waals surface area contributed by atoms with Gasteiger partial charge >= 0.3 is 6.03 Å².